The fraction of sp³-hybridized carbons (Fsp3) is 0.406. The summed E-state index contributed by atoms with van der Waals surface area (Å²) in [6.45, 7) is 11.3. The van der Waals surface area contributed by atoms with Crippen molar-refractivity contribution in [3.8, 4) is 11.1 Å². The first-order valence-electron chi connectivity index (χ1n) is 13.7. The van der Waals surface area contributed by atoms with Crippen LogP contribution in [0.15, 0.2) is 83.8 Å². The molecule has 4 rings (SSSR count). The van der Waals surface area contributed by atoms with Crippen LogP contribution in [0.2, 0.25) is 0 Å². The largest absolute Gasteiger partial charge is 0.444 e. The van der Waals surface area contributed by atoms with Gasteiger partial charge in [-0.15, -0.1) is 0 Å². The lowest BCUT2D eigenvalue weighted by Gasteiger charge is -2.36. The van der Waals surface area contributed by atoms with E-state index < -0.39 is 15.6 Å². The van der Waals surface area contributed by atoms with E-state index in [0.717, 1.165) is 16.7 Å². The Bertz CT molecular complexity index is 1360. The summed E-state index contributed by atoms with van der Waals surface area (Å²) in [5.41, 5.74) is 3.14. The number of piperidine rings is 1. The first kappa shape index (κ1) is 28.7. The maximum Gasteiger partial charge on any atom is 0.410 e. The third kappa shape index (κ3) is 7.01. The van der Waals surface area contributed by atoms with Gasteiger partial charge < -0.3 is 9.64 Å². The second kappa shape index (κ2) is 11.8. The molecule has 1 saturated heterocycles. The Morgan fingerprint density at radius 2 is 1.54 bits per heavy atom. The normalized spacial score (nSPS) is 14.9. The number of likely N-dealkylation sites (tertiary alicyclic amines) is 1. The zero-order chi connectivity index (χ0) is 28.2. The highest BCUT2D eigenvalue weighted by molar-refractivity contribution is 7.92. The molecular formula is C32H40N2O4S. The Kier molecular flexibility index (Phi) is 8.70. The summed E-state index contributed by atoms with van der Waals surface area (Å²) in [6.07, 6.45) is 1.08. The van der Waals surface area contributed by atoms with Gasteiger partial charge in [-0.2, -0.15) is 0 Å². The molecule has 1 heterocycles. The van der Waals surface area contributed by atoms with E-state index >= 15 is 0 Å². The van der Waals surface area contributed by atoms with Crippen LogP contribution in [0.5, 0.6) is 0 Å². The van der Waals surface area contributed by atoms with Crippen LogP contribution < -0.4 is 4.31 Å². The zero-order valence-electron chi connectivity index (χ0n) is 23.6. The van der Waals surface area contributed by atoms with Gasteiger partial charge in [0.1, 0.15) is 5.60 Å². The summed E-state index contributed by atoms with van der Waals surface area (Å²) < 4.78 is 35.5. The standard InChI is InChI=1S/C32H40N2O4S/c1-24(2)27-16-17-30(29(22-27)26-12-8-6-9-13-26)34(39(36,37)28-14-10-7-11-15-28)23-25-18-20-33(21-19-25)31(35)38-32(3,4)5/h6-17,22,24-25H,18-21,23H2,1-5H3. The minimum Gasteiger partial charge on any atom is -0.444 e. The summed E-state index contributed by atoms with van der Waals surface area (Å²) in [5, 5.41) is 0. The van der Waals surface area contributed by atoms with Crippen LogP contribution in [0, 0.1) is 5.92 Å². The average Bonchev–Trinajstić information content (AvgIpc) is 2.91. The van der Waals surface area contributed by atoms with E-state index in [1.54, 1.807) is 33.5 Å². The molecule has 3 aromatic rings. The number of nitrogens with zero attached hydrogens (tertiary/aromatic N) is 2. The molecule has 0 spiro atoms. The number of hydrogen-bond acceptors (Lipinski definition) is 4. The number of hydrogen-bond donors (Lipinski definition) is 0. The predicted octanol–water partition coefficient (Wildman–Crippen LogP) is 7.32. The molecule has 208 valence electrons. The number of benzene rings is 3. The van der Waals surface area contributed by atoms with Gasteiger partial charge in [-0.05, 0) is 80.8 Å². The second-order valence-electron chi connectivity index (χ2n) is 11.6. The van der Waals surface area contributed by atoms with E-state index in [2.05, 4.69) is 19.9 Å². The lowest BCUT2D eigenvalue weighted by atomic mass is 9.94. The molecule has 6 nitrogen and oxygen atoms in total. The van der Waals surface area contributed by atoms with Gasteiger partial charge in [-0.3, -0.25) is 4.31 Å². The van der Waals surface area contributed by atoms with Crippen LogP contribution in [-0.4, -0.2) is 44.6 Å². The Hall–Kier alpha value is -3.32. The zero-order valence-corrected chi connectivity index (χ0v) is 24.4. The quantitative estimate of drug-likeness (QED) is 0.310. The highest BCUT2D eigenvalue weighted by atomic mass is 32.2. The van der Waals surface area contributed by atoms with Crippen molar-refractivity contribution in [3.63, 3.8) is 0 Å². The molecule has 0 unspecified atom stereocenters. The molecule has 39 heavy (non-hydrogen) atoms. The van der Waals surface area contributed by atoms with Crippen LogP contribution in [0.25, 0.3) is 11.1 Å². The van der Waals surface area contributed by atoms with Crippen molar-refractivity contribution in [1.29, 1.82) is 0 Å². The van der Waals surface area contributed by atoms with Gasteiger partial charge in [0.05, 0.1) is 10.6 Å². The highest BCUT2D eigenvalue weighted by Crippen LogP contribution is 2.38. The molecule has 1 amide bonds. The Morgan fingerprint density at radius 3 is 2.10 bits per heavy atom. The minimum atomic E-state index is -3.84. The number of anilines is 1. The molecule has 0 aliphatic carbocycles. The number of carbonyl (C=O) groups is 1. The molecule has 1 fully saturated rings. The molecule has 3 aromatic carbocycles. The van der Waals surface area contributed by atoms with Crippen LogP contribution in [0.3, 0.4) is 0 Å². The number of rotatable bonds is 7. The van der Waals surface area contributed by atoms with Crippen molar-refractivity contribution < 1.29 is 17.9 Å². The Labute approximate surface area is 233 Å². The van der Waals surface area contributed by atoms with E-state index in [-0.39, 0.29) is 16.9 Å². The van der Waals surface area contributed by atoms with Crippen molar-refractivity contribution in [2.45, 2.75) is 63.9 Å². The van der Waals surface area contributed by atoms with Crippen LogP contribution >= 0.6 is 0 Å². The van der Waals surface area contributed by atoms with Crippen molar-refractivity contribution in [3.05, 3.63) is 84.4 Å². The molecule has 7 heteroatoms. The third-order valence-corrected chi connectivity index (χ3v) is 8.86. The molecule has 1 aliphatic rings. The van der Waals surface area contributed by atoms with Crippen molar-refractivity contribution in [2.24, 2.45) is 5.92 Å². The molecule has 0 atom stereocenters. The number of amides is 1. The van der Waals surface area contributed by atoms with E-state index in [1.807, 2.05) is 69.3 Å². The van der Waals surface area contributed by atoms with Crippen LogP contribution in [-0.2, 0) is 14.8 Å². The number of carbonyl (C=O) groups excluding carboxylic acids is 1. The van der Waals surface area contributed by atoms with E-state index in [1.165, 1.54) is 0 Å². The topological polar surface area (TPSA) is 66.9 Å². The molecule has 0 saturated carbocycles. The first-order valence-corrected chi connectivity index (χ1v) is 15.1. The minimum absolute atomic E-state index is 0.0931. The summed E-state index contributed by atoms with van der Waals surface area (Å²) in [7, 11) is -3.84. The molecule has 1 aliphatic heterocycles. The maximum atomic E-state index is 14.2. The van der Waals surface area contributed by atoms with Gasteiger partial charge in [0.25, 0.3) is 10.0 Å². The van der Waals surface area contributed by atoms with E-state index in [9.17, 15) is 13.2 Å². The molecule has 0 bridgehead atoms. The smallest absolute Gasteiger partial charge is 0.410 e. The van der Waals surface area contributed by atoms with E-state index in [4.69, 9.17) is 4.74 Å². The highest BCUT2D eigenvalue weighted by Gasteiger charge is 2.33. The van der Waals surface area contributed by atoms with Gasteiger partial charge in [0.2, 0.25) is 0 Å². The molecule has 0 radical (unpaired) electrons. The maximum absolute atomic E-state index is 14.2. The Morgan fingerprint density at radius 1 is 0.949 bits per heavy atom. The van der Waals surface area contributed by atoms with Gasteiger partial charge >= 0.3 is 6.09 Å². The lowest BCUT2D eigenvalue weighted by molar-refractivity contribution is 0.0187. The fourth-order valence-corrected chi connectivity index (χ4v) is 6.46. The van der Waals surface area contributed by atoms with Crippen LogP contribution in [0.4, 0.5) is 10.5 Å². The SMILES string of the molecule is CC(C)c1ccc(N(CC2CCN(C(=O)OC(C)(C)C)CC2)S(=O)(=O)c2ccccc2)c(-c2ccccc2)c1. The van der Waals surface area contributed by atoms with Gasteiger partial charge in [0, 0.05) is 25.2 Å². The van der Waals surface area contributed by atoms with Crippen molar-refractivity contribution >= 4 is 21.8 Å². The summed E-state index contributed by atoms with van der Waals surface area (Å²) in [5.74, 6) is 0.397. The lowest BCUT2D eigenvalue weighted by Crippen LogP contribution is -2.44. The van der Waals surface area contributed by atoms with Crippen molar-refractivity contribution in [1.82, 2.24) is 4.90 Å². The molecule has 0 aromatic heterocycles. The molecule has 0 N–H and O–H groups in total. The van der Waals surface area contributed by atoms with Gasteiger partial charge in [0.15, 0.2) is 0 Å². The van der Waals surface area contributed by atoms with Crippen molar-refractivity contribution in [2.75, 3.05) is 23.9 Å². The van der Waals surface area contributed by atoms with Gasteiger partial charge in [-0.25, -0.2) is 13.2 Å². The first-order chi connectivity index (χ1) is 18.5. The number of ether oxygens (including phenoxy) is 1. The van der Waals surface area contributed by atoms with Crippen LogP contribution in [0.1, 0.15) is 58.9 Å². The molecular weight excluding hydrogens is 508 g/mol. The third-order valence-electron chi connectivity index (χ3n) is 7.06. The van der Waals surface area contributed by atoms with Gasteiger partial charge in [-0.1, -0.05) is 68.4 Å². The second-order valence-corrected chi connectivity index (χ2v) is 13.4. The average molecular weight is 549 g/mol. The summed E-state index contributed by atoms with van der Waals surface area (Å²) in [4.78, 5) is 14.6. The predicted molar refractivity (Wildman–Crippen MR) is 157 cm³/mol. The Balaban J connectivity index is 1.70. The summed E-state index contributed by atoms with van der Waals surface area (Å²) in [6, 6.07) is 24.7. The van der Waals surface area contributed by atoms with E-state index in [0.29, 0.717) is 44.1 Å². The number of sulfonamides is 1. The monoisotopic (exact) mass is 548 g/mol. The summed E-state index contributed by atoms with van der Waals surface area (Å²) >= 11 is 0. The fourth-order valence-electron chi connectivity index (χ4n) is 4.88.